The minimum Gasteiger partial charge on any atom is -0.322 e. The molecule has 0 aliphatic heterocycles. The molecular weight excluding hydrogens is 274 g/mol. The molecule has 1 aromatic carbocycles. The number of aryl methyl sites for hydroxylation is 2. The lowest BCUT2D eigenvalue weighted by molar-refractivity contribution is 0.102. The van der Waals surface area contributed by atoms with E-state index in [4.69, 9.17) is 0 Å². The number of anilines is 1. The molecule has 1 aromatic heterocycles. The van der Waals surface area contributed by atoms with Crippen LogP contribution in [-0.2, 0) is 18.9 Å². The van der Waals surface area contributed by atoms with Crippen molar-refractivity contribution in [3.63, 3.8) is 0 Å². The predicted molar refractivity (Wildman–Crippen MR) is 88.2 cm³/mol. The lowest BCUT2D eigenvalue weighted by Gasteiger charge is -2.25. The Hall–Kier alpha value is -2.10. The molecule has 0 spiro atoms. The second-order valence-electron chi connectivity index (χ2n) is 6.91. The highest BCUT2D eigenvalue weighted by Gasteiger charge is 2.37. The Morgan fingerprint density at radius 3 is 2.77 bits per heavy atom. The summed E-state index contributed by atoms with van der Waals surface area (Å²) in [6.45, 7) is 8.69. The highest BCUT2D eigenvalue weighted by molar-refractivity contribution is 6.05. The van der Waals surface area contributed by atoms with Crippen LogP contribution in [0.1, 0.15) is 48.0 Å². The van der Waals surface area contributed by atoms with Gasteiger partial charge in [-0.1, -0.05) is 32.9 Å². The van der Waals surface area contributed by atoms with Gasteiger partial charge in [-0.25, -0.2) is 0 Å². The largest absolute Gasteiger partial charge is 0.322 e. The highest BCUT2D eigenvalue weighted by Crippen LogP contribution is 2.45. The van der Waals surface area contributed by atoms with E-state index in [1.165, 1.54) is 11.1 Å². The maximum absolute atomic E-state index is 12.5. The van der Waals surface area contributed by atoms with E-state index in [1.54, 1.807) is 10.9 Å². The first-order chi connectivity index (χ1) is 10.3. The van der Waals surface area contributed by atoms with Gasteiger partial charge in [0.2, 0.25) is 0 Å². The van der Waals surface area contributed by atoms with E-state index in [-0.39, 0.29) is 11.3 Å². The zero-order valence-electron chi connectivity index (χ0n) is 13.9. The summed E-state index contributed by atoms with van der Waals surface area (Å²) in [6.07, 6.45) is 2.77. The number of fused-ring (bicyclic) bond motifs is 1. The Morgan fingerprint density at radius 1 is 1.41 bits per heavy atom. The van der Waals surface area contributed by atoms with Crippen LogP contribution < -0.4 is 5.32 Å². The number of carbonyl (C=O) groups is 1. The third-order valence-corrected chi connectivity index (χ3v) is 5.12. The van der Waals surface area contributed by atoms with Gasteiger partial charge >= 0.3 is 0 Å². The monoisotopic (exact) mass is 297 g/mol. The summed E-state index contributed by atoms with van der Waals surface area (Å²) in [5.74, 6) is 0.483. The highest BCUT2D eigenvalue weighted by atomic mass is 16.1. The number of rotatable bonds is 2. The molecule has 1 heterocycles. The minimum atomic E-state index is -0.0867. The van der Waals surface area contributed by atoms with E-state index in [0.717, 1.165) is 17.8 Å². The zero-order valence-corrected chi connectivity index (χ0v) is 13.9. The number of hydrogen-bond acceptors (Lipinski definition) is 2. The van der Waals surface area contributed by atoms with Crippen molar-refractivity contribution in [1.82, 2.24) is 9.78 Å². The summed E-state index contributed by atoms with van der Waals surface area (Å²) in [5.41, 5.74) is 5.09. The molecule has 0 saturated carbocycles. The van der Waals surface area contributed by atoms with Crippen LogP contribution in [0.15, 0.2) is 24.4 Å². The van der Waals surface area contributed by atoms with Crippen LogP contribution in [0.25, 0.3) is 0 Å². The molecule has 4 nitrogen and oxygen atoms in total. The Kier molecular flexibility index (Phi) is 3.35. The SMILES string of the molecule is Cc1nn(C)cc1C(=O)Nc1cccc2c1CC(C)C2(C)C. The van der Waals surface area contributed by atoms with Gasteiger partial charge in [0.15, 0.2) is 0 Å². The fraction of sp³-hybridized carbons (Fsp3) is 0.444. The van der Waals surface area contributed by atoms with E-state index in [0.29, 0.717) is 11.5 Å². The van der Waals surface area contributed by atoms with Crippen LogP contribution in [0.5, 0.6) is 0 Å². The van der Waals surface area contributed by atoms with E-state index in [1.807, 2.05) is 26.1 Å². The molecule has 0 saturated heterocycles. The maximum Gasteiger partial charge on any atom is 0.259 e. The first kappa shape index (κ1) is 14.8. The van der Waals surface area contributed by atoms with Gasteiger partial charge in [0, 0.05) is 18.9 Å². The lowest BCUT2D eigenvalue weighted by Crippen LogP contribution is -2.21. The van der Waals surface area contributed by atoms with Crippen molar-refractivity contribution in [1.29, 1.82) is 0 Å². The lowest BCUT2D eigenvalue weighted by atomic mass is 9.80. The van der Waals surface area contributed by atoms with Crippen molar-refractivity contribution < 1.29 is 4.79 Å². The van der Waals surface area contributed by atoms with Gasteiger partial charge in [-0.05, 0) is 41.9 Å². The second-order valence-corrected chi connectivity index (χ2v) is 6.91. The summed E-state index contributed by atoms with van der Waals surface area (Å²) in [5, 5.41) is 7.32. The zero-order chi connectivity index (χ0) is 16.1. The third-order valence-electron chi connectivity index (χ3n) is 5.12. The number of hydrogen-bond donors (Lipinski definition) is 1. The van der Waals surface area contributed by atoms with E-state index in [9.17, 15) is 4.79 Å². The predicted octanol–water partition coefficient (Wildman–Crippen LogP) is 3.45. The molecule has 0 bridgehead atoms. The van der Waals surface area contributed by atoms with Crippen LogP contribution in [-0.4, -0.2) is 15.7 Å². The van der Waals surface area contributed by atoms with Gasteiger partial charge < -0.3 is 5.32 Å². The molecule has 1 atom stereocenters. The molecule has 1 aliphatic carbocycles. The fourth-order valence-electron chi connectivity index (χ4n) is 3.37. The van der Waals surface area contributed by atoms with Gasteiger partial charge in [0.05, 0.1) is 11.3 Å². The molecule has 116 valence electrons. The third kappa shape index (κ3) is 2.23. The van der Waals surface area contributed by atoms with Crippen LogP contribution in [0.4, 0.5) is 5.69 Å². The minimum absolute atomic E-state index is 0.0867. The van der Waals surface area contributed by atoms with Crippen LogP contribution in [0.2, 0.25) is 0 Å². The van der Waals surface area contributed by atoms with Gasteiger partial charge in [0.25, 0.3) is 5.91 Å². The number of nitrogens with one attached hydrogen (secondary N) is 1. The van der Waals surface area contributed by atoms with Gasteiger partial charge in [-0.3, -0.25) is 9.48 Å². The molecular formula is C18H23N3O. The number of carbonyl (C=O) groups excluding carboxylic acids is 1. The quantitative estimate of drug-likeness (QED) is 0.923. The molecule has 1 aliphatic rings. The van der Waals surface area contributed by atoms with Crippen molar-refractivity contribution in [3.05, 3.63) is 46.8 Å². The van der Waals surface area contributed by atoms with Gasteiger partial charge in [-0.15, -0.1) is 0 Å². The number of aromatic nitrogens is 2. The molecule has 22 heavy (non-hydrogen) atoms. The molecule has 0 radical (unpaired) electrons. The summed E-state index contributed by atoms with van der Waals surface area (Å²) in [4.78, 5) is 12.5. The van der Waals surface area contributed by atoms with Crippen LogP contribution in [0, 0.1) is 12.8 Å². The van der Waals surface area contributed by atoms with Crippen LogP contribution >= 0.6 is 0 Å². The smallest absolute Gasteiger partial charge is 0.259 e. The van der Waals surface area contributed by atoms with Crippen molar-refractivity contribution in [2.24, 2.45) is 13.0 Å². The first-order valence-corrected chi connectivity index (χ1v) is 7.74. The Labute approximate surface area is 131 Å². The van der Waals surface area contributed by atoms with Crippen molar-refractivity contribution >= 4 is 11.6 Å². The number of benzene rings is 1. The molecule has 1 N–H and O–H groups in total. The molecule has 2 aromatic rings. The number of nitrogens with zero attached hydrogens (tertiary/aromatic N) is 2. The molecule has 4 heteroatoms. The molecule has 0 fully saturated rings. The molecule has 1 unspecified atom stereocenters. The number of amides is 1. The van der Waals surface area contributed by atoms with E-state index < -0.39 is 0 Å². The first-order valence-electron chi connectivity index (χ1n) is 7.74. The van der Waals surface area contributed by atoms with Gasteiger partial charge in [0.1, 0.15) is 0 Å². The van der Waals surface area contributed by atoms with E-state index in [2.05, 4.69) is 37.3 Å². The van der Waals surface area contributed by atoms with Gasteiger partial charge in [-0.2, -0.15) is 5.10 Å². The Morgan fingerprint density at radius 2 is 2.14 bits per heavy atom. The maximum atomic E-state index is 12.5. The van der Waals surface area contributed by atoms with E-state index >= 15 is 0 Å². The van der Waals surface area contributed by atoms with Crippen molar-refractivity contribution in [2.45, 2.75) is 39.5 Å². The average Bonchev–Trinajstić information content (AvgIpc) is 2.89. The summed E-state index contributed by atoms with van der Waals surface area (Å²) in [7, 11) is 1.83. The summed E-state index contributed by atoms with van der Waals surface area (Å²) >= 11 is 0. The second kappa shape index (κ2) is 4.97. The fourth-order valence-corrected chi connectivity index (χ4v) is 3.37. The van der Waals surface area contributed by atoms with Crippen molar-refractivity contribution in [2.75, 3.05) is 5.32 Å². The summed E-state index contributed by atoms with van der Waals surface area (Å²) < 4.78 is 1.67. The normalized spacial score (nSPS) is 19.0. The molecule has 1 amide bonds. The van der Waals surface area contributed by atoms with Crippen LogP contribution in [0.3, 0.4) is 0 Å². The standard InChI is InChI=1S/C18H23N3O/c1-11-9-13-15(18(11,3)4)7-6-8-16(13)19-17(22)14-10-21(5)20-12(14)2/h6-8,10-11H,9H2,1-5H3,(H,19,22). The molecule has 3 rings (SSSR count). The summed E-state index contributed by atoms with van der Waals surface area (Å²) in [6, 6.07) is 6.21. The topological polar surface area (TPSA) is 46.9 Å². The Balaban J connectivity index is 1.94. The van der Waals surface area contributed by atoms with Crippen molar-refractivity contribution in [3.8, 4) is 0 Å². The average molecular weight is 297 g/mol. The Bertz CT molecular complexity index is 743.